The first-order valence-electron chi connectivity index (χ1n) is 11.3. The van der Waals surface area contributed by atoms with E-state index in [1.165, 1.54) is 5.56 Å². The summed E-state index contributed by atoms with van der Waals surface area (Å²) in [6.07, 6.45) is 2.28. The largest absolute Gasteiger partial charge is 0.491 e. The van der Waals surface area contributed by atoms with Gasteiger partial charge in [-0.2, -0.15) is 0 Å². The molecule has 1 aliphatic rings. The number of benzene rings is 2. The number of halogens is 1. The van der Waals surface area contributed by atoms with E-state index in [-0.39, 0.29) is 36.1 Å². The number of aryl methyl sites for hydroxylation is 1. The molecule has 1 heterocycles. The monoisotopic (exact) mass is 565 g/mol. The number of nitrogens with zero attached hydrogens (tertiary/aromatic N) is 2. The third-order valence-electron chi connectivity index (χ3n) is 5.29. The van der Waals surface area contributed by atoms with Gasteiger partial charge >= 0.3 is 6.03 Å². The fourth-order valence-corrected chi connectivity index (χ4v) is 3.64. The van der Waals surface area contributed by atoms with Crippen molar-refractivity contribution in [2.75, 3.05) is 25.5 Å². The van der Waals surface area contributed by atoms with E-state index in [1.54, 1.807) is 7.05 Å². The van der Waals surface area contributed by atoms with Gasteiger partial charge < -0.3 is 25.6 Å². The van der Waals surface area contributed by atoms with Crippen molar-refractivity contribution in [3.8, 4) is 5.75 Å². The van der Waals surface area contributed by atoms with Crippen molar-refractivity contribution < 1.29 is 9.53 Å². The maximum atomic E-state index is 12.3. The highest BCUT2D eigenvalue weighted by Crippen LogP contribution is 2.21. The number of amides is 2. The Morgan fingerprint density at radius 2 is 1.82 bits per heavy atom. The van der Waals surface area contributed by atoms with Crippen molar-refractivity contribution in [1.82, 2.24) is 15.5 Å². The van der Waals surface area contributed by atoms with Crippen molar-refractivity contribution in [2.45, 2.75) is 52.8 Å². The normalized spacial score (nSPS) is 13.5. The quantitative estimate of drug-likeness (QED) is 0.254. The Labute approximate surface area is 214 Å². The molecule has 0 spiro atoms. The van der Waals surface area contributed by atoms with E-state index in [2.05, 4.69) is 46.1 Å². The molecule has 3 N–H and O–H groups in total. The first-order valence-corrected chi connectivity index (χ1v) is 11.3. The van der Waals surface area contributed by atoms with Crippen molar-refractivity contribution >= 4 is 41.7 Å². The van der Waals surface area contributed by atoms with Crippen LogP contribution in [0, 0.1) is 6.92 Å². The van der Waals surface area contributed by atoms with Crippen LogP contribution in [0.1, 0.15) is 43.4 Å². The van der Waals surface area contributed by atoms with Gasteiger partial charge in [0.25, 0.3) is 0 Å². The lowest BCUT2D eigenvalue weighted by Crippen LogP contribution is -2.36. The molecular weight excluding hydrogens is 529 g/mol. The molecule has 0 bridgehead atoms. The predicted octanol–water partition coefficient (Wildman–Crippen LogP) is 4.89. The van der Waals surface area contributed by atoms with E-state index in [0.717, 1.165) is 48.5 Å². The molecule has 180 valence electrons. The Balaban J connectivity index is 0.00000385. The molecule has 1 saturated heterocycles. The van der Waals surface area contributed by atoms with Gasteiger partial charge in [0.2, 0.25) is 0 Å². The van der Waals surface area contributed by atoms with E-state index >= 15 is 0 Å². The van der Waals surface area contributed by atoms with Gasteiger partial charge in [0.1, 0.15) is 5.75 Å². The molecule has 3 rings (SSSR count). The van der Waals surface area contributed by atoms with E-state index in [4.69, 9.17) is 4.74 Å². The summed E-state index contributed by atoms with van der Waals surface area (Å²) >= 11 is 0. The number of rotatable bonds is 7. The molecule has 0 aromatic heterocycles. The Hall–Kier alpha value is -2.49. The van der Waals surface area contributed by atoms with E-state index in [9.17, 15) is 4.79 Å². The second-order valence-electron chi connectivity index (χ2n) is 8.38. The highest BCUT2D eigenvalue weighted by molar-refractivity contribution is 14.0. The number of nitrogens with one attached hydrogen (secondary N) is 3. The lowest BCUT2D eigenvalue weighted by molar-refractivity contribution is 0.222. The van der Waals surface area contributed by atoms with Crippen molar-refractivity contribution in [2.24, 2.45) is 4.99 Å². The van der Waals surface area contributed by atoms with Crippen LogP contribution in [0.4, 0.5) is 10.5 Å². The predicted molar refractivity (Wildman–Crippen MR) is 146 cm³/mol. The summed E-state index contributed by atoms with van der Waals surface area (Å²) in [4.78, 5) is 18.5. The second-order valence-corrected chi connectivity index (χ2v) is 8.38. The molecule has 8 heteroatoms. The SMILES string of the molecule is CN=C(NCc1cccc(NC(=O)N2CCCC2)c1)NCc1ccc(C)cc1OC(C)C.I. The maximum Gasteiger partial charge on any atom is 0.321 e. The fraction of sp³-hybridized carbons (Fsp3) is 0.440. The molecule has 7 nitrogen and oxygen atoms in total. The standard InChI is InChI=1S/C25H35N5O2.HI/c1-18(2)32-23-14-19(3)10-11-21(23)17-28-24(26-4)27-16-20-8-7-9-22(15-20)29-25(31)30-12-5-6-13-30;/h7-11,14-15,18H,5-6,12-13,16-17H2,1-4H3,(H,29,31)(H2,26,27,28);1H. The van der Waals surface area contributed by atoms with Crippen LogP contribution in [0.15, 0.2) is 47.5 Å². The average Bonchev–Trinajstić information content (AvgIpc) is 3.30. The number of ether oxygens (including phenoxy) is 1. The molecule has 2 amide bonds. The Bertz CT molecular complexity index is 942. The van der Waals surface area contributed by atoms with Gasteiger partial charge in [-0.05, 0) is 62.9 Å². The van der Waals surface area contributed by atoms with E-state index < -0.39 is 0 Å². The van der Waals surface area contributed by atoms with Crippen LogP contribution >= 0.6 is 24.0 Å². The second kappa shape index (κ2) is 13.3. The van der Waals surface area contributed by atoms with Crippen molar-refractivity contribution in [3.63, 3.8) is 0 Å². The van der Waals surface area contributed by atoms with Crippen LogP contribution in [0.25, 0.3) is 0 Å². The lowest BCUT2D eigenvalue weighted by Gasteiger charge is -2.18. The summed E-state index contributed by atoms with van der Waals surface area (Å²) in [6, 6.07) is 14.1. The van der Waals surface area contributed by atoms with Crippen LogP contribution < -0.4 is 20.7 Å². The summed E-state index contributed by atoms with van der Waals surface area (Å²) < 4.78 is 5.96. The number of carbonyl (C=O) groups is 1. The topological polar surface area (TPSA) is 78.0 Å². The zero-order valence-corrected chi connectivity index (χ0v) is 22.3. The number of carbonyl (C=O) groups excluding carboxylic acids is 1. The smallest absolute Gasteiger partial charge is 0.321 e. The number of anilines is 1. The van der Waals surface area contributed by atoms with Crippen molar-refractivity contribution in [3.05, 3.63) is 59.2 Å². The van der Waals surface area contributed by atoms with Gasteiger partial charge in [0.05, 0.1) is 6.10 Å². The van der Waals surface area contributed by atoms with Crippen LogP contribution in [-0.4, -0.2) is 43.1 Å². The summed E-state index contributed by atoms with van der Waals surface area (Å²) in [5.74, 6) is 1.59. The number of urea groups is 1. The number of hydrogen-bond donors (Lipinski definition) is 3. The molecule has 33 heavy (non-hydrogen) atoms. The number of guanidine groups is 1. The summed E-state index contributed by atoms with van der Waals surface area (Å²) in [5, 5.41) is 9.69. The Morgan fingerprint density at radius 1 is 1.09 bits per heavy atom. The van der Waals surface area contributed by atoms with Gasteiger partial charge in [0.15, 0.2) is 5.96 Å². The lowest BCUT2D eigenvalue weighted by atomic mass is 10.1. The van der Waals surface area contributed by atoms with Crippen LogP contribution in [0.5, 0.6) is 5.75 Å². The Morgan fingerprint density at radius 3 is 2.52 bits per heavy atom. The van der Waals surface area contributed by atoms with Gasteiger partial charge in [-0.15, -0.1) is 24.0 Å². The molecule has 0 saturated carbocycles. The van der Waals surface area contributed by atoms with Crippen molar-refractivity contribution in [1.29, 1.82) is 0 Å². The van der Waals surface area contributed by atoms with Crippen LogP contribution in [0.3, 0.4) is 0 Å². The minimum atomic E-state index is -0.0254. The number of hydrogen-bond acceptors (Lipinski definition) is 3. The molecule has 1 fully saturated rings. The molecule has 0 atom stereocenters. The minimum Gasteiger partial charge on any atom is -0.491 e. The van der Waals surface area contributed by atoms with Gasteiger partial charge in [-0.25, -0.2) is 4.79 Å². The molecule has 0 unspecified atom stereocenters. The average molecular weight is 566 g/mol. The zero-order chi connectivity index (χ0) is 22.9. The first kappa shape index (κ1) is 26.8. The molecule has 2 aromatic carbocycles. The minimum absolute atomic E-state index is 0. The summed E-state index contributed by atoms with van der Waals surface area (Å²) in [5.41, 5.74) is 4.12. The van der Waals surface area contributed by atoms with E-state index in [0.29, 0.717) is 19.0 Å². The number of aliphatic imine (C=N–C) groups is 1. The first-order chi connectivity index (χ1) is 15.4. The van der Waals surface area contributed by atoms with Crippen LogP contribution in [0.2, 0.25) is 0 Å². The van der Waals surface area contributed by atoms with Gasteiger partial charge in [-0.1, -0.05) is 24.3 Å². The summed E-state index contributed by atoms with van der Waals surface area (Å²) in [7, 11) is 1.75. The summed E-state index contributed by atoms with van der Waals surface area (Å²) in [6.45, 7) is 8.99. The highest BCUT2D eigenvalue weighted by Gasteiger charge is 2.17. The third-order valence-corrected chi connectivity index (χ3v) is 5.29. The highest BCUT2D eigenvalue weighted by atomic mass is 127. The molecular formula is C25H36IN5O2. The van der Waals surface area contributed by atoms with E-state index in [1.807, 2.05) is 43.0 Å². The van der Waals surface area contributed by atoms with Crippen LogP contribution in [-0.2, 0) is 13.1 Å². The molecule has 2 aromatic rings. The third kappa shape index (κ3) is 8.42. The van der Waals surface area contributed by atoms with Gasteiger partial charge in [-0.3, -0.25) is 4.99 Å². The Kier molecular flexibility index (Phi) is 10.8. The zero-order valence-electron chi connectivity index (χ0n) is 20.0. The maximum absolute atomic E-state index is 12.3. The molecule has 0 radical (unpaired) electrons. The molecule has 1 aliphatic heterocycles. The molecule has 0 aliphatic carbocycles. The number of likely N-dealkylation sites (tertiary alicyclic amines) is 1. The fourth-order valence-electron chi connectivity index (χ4n) is 3.64. The van der Waals surface area contributed by atoms with Gasteiger partial charge in [0, 0.05) is 44.5 Å².